The standard InChI is InChI=1S/C24H14Br2N2O10S2.C10H4N2O6.C7H6BrClO2S/c25-11-13-1-5-15(6-2-13)39(33,34)37-27-21(29)17-9-19-20(10-18(17)22(27)30)24(32)28(23(19)31)38-40(35,36)16-7-3-14(12-26)4-8-16;13-7-3-1-4-6(10(16)12(18)8(4)14)2-5(3)9(15)11(7)17;8-5-6-1-3-7(4-2-6)12(9,10)11/h1-10H,11-12H2;1-2,17-18H;1-4H,5H2. The van der Waals surface area contributed by atoms with Gasteiger partial charge in [-0.05, 0) is 77.4 Å². The van der Waals surface area contributed by atoms with Crippen molar-refractivity contribution in [1.82, 2.24) is 18.9 Å². The second-order valence-corrected chi connectivity index (χ2v) is 21.7. The molecule has 2 N–H and O–H groups in total. The Morgan fingerprint density at radius 3 is 0.814 bits per heavy atom. The van der Waals surface area contributed by atoms with Crippen LogP contribution in [-0.4, -0.2) is 54.6 Å². The SMILES string of the molecule is O=S(=O)(Cl)c1ccc(CBr)cc1.O=c1c2cc3c(=O)n(O)c(=O)c3cc2c(=O)n1O.O=c1c2cc3c(=O)n(OS(=O)(=O)c4ccc(CBr)cc4)c(=O)c3cc2c(=O)n1OS(=O)(=O)c1ccc(CBr)cc1. The molecule has 4 aromatic heterocycles. The van der Waals surface area contributed by atoms with Gasteiger partial charge in [0.1, 0.15) is 9.79 Å². The van der Waals surface area contributed by atoms with Crippen molar-refractivity contribution < 1.29 is 44.2 Å². The normalized spacial score (nSPS) is 11.9. The zero-order chi connectivity index (χ0) is 51.4. The Bertz CT molecular complexity index is 3990. The molecule has 0 bridgehead atoms. The summed E-state index contributed by atoms with van der Waals surface area (Å²) >= 11 is 9.71. The number of rotatable bonds is 10. The summed E-state index contributed by atoms with van der Waals surface area (Å²) in [6, 6.07) is 21.1. The van der Waals surface area contributed by atoms with Gasteiger partial charge in [0, 0.05) is 26.7 Å². The van der Waals surface area contributed by atoms with Gasteiger partial charge in [0.05, 0.1) is 48.0 Å². The Labute approximate surface area is 418 Å². The highest BCUT2D eigenvalue weighted by Gasteiger charge is 2.27. The van der Waals surface area contributed by atoms with E-state index in [-0.39, 0.29) is 55.2 Å². The highest BCUT2D eigenvalue weighted by Crippen LogP contribution is 2.19. The second kappa shape index (κ2) is 19.3. The minimum atomic E-state index is -4.61. The molecule has 29 heteroatoms. The number of alkyl halides is 3. The van der Waals surface area contributed by atoms with Crippen LogP contribution in [0.1, 0.15) is 16.7 Å². The van der Waals surface area contributed by atoms with Gasteiger partial charge in [-0.3, -0.25) is 46.9 Å². The van der Waals surface area contributed by atoms with Crippen LogP contribution in [-0.2, 0) is 45.3 Å². The maximum Gasteiger partial charge on any atom is 0.357 e. The molecule has 5 aromatic carbocycles. The van der Waals surface area contributed by atoms with Gasteiger partial charge in [-0.1, -0.05) is 93.6 Å². The number of aromatic nitrogens is 4. The molecule has 362 valence electrons. The lowest BCUT2D eigenvalue weighted by molar-refractivity contribution is 0.171. The highest BCUT2D eigenvalue weighted by molar-refractivity contribution is 9.09. The second-order valence-electron chi connectivity index (χ2n) is 14.4. The van der Waals surface area contributed by atoms with Crippen LogP contribution in [0.5, 0.6) is 0 Å². The predicted molar refractivity (Wildman–Crippen MR) is 262 cm³/mol. The van der Waals surface area contributed by atoms with Gasteiger partial charge in [0.15, 0.2) is 0 Å². The van der Waals surface area contributed by atoms with Crippen LogP contribution in [0.4, 0.5) is 0 Å². The molecule has 0 saturated heterocycles. The number of halogens is 4. The van der Waals surface area contributed by atoms with E-state index in [4.69, 9.17) is 29.7 Å². The van der Waals surface area contributed by atoms with Gasteiger partial charge in [0.2, 0.25) is 0 Å². The monoisotopic (exact) mass is 1230 g/mol. The summed E-state index contributed by atoms with van der Waals surface area (Å²) in [4.78, 5) is 97.0. The fourth-order valence-corrected chi connectivity index (χ4v) is 10.2. The van der Waals surface area contributed by atoms with E-state index < -0.39 is 95.3 Å². The summed E-state index contributed by atoms with van der Waals surface area (Å²) in [5.74, 6) is 0. The number of nitrogens with zero attached hydrogens (tertiary/aromatic N) is 4. The lowest BCUT2D eigenvalue weighted by atomic mass is 10.1. The molecular formula is C41H24Br3ClN4O18S3. The van der Waals surface area contributed by atoms with Crippen LogP contribution in [0, 0.1) is 0 Å². The predicted octanol–water partition coefficient (Wildman–Crippen LogP) is 2.23. The van der Waals surface area contributed by atoms with Gasteiger partial charge in [-0.25, -0.2) is 8.42 Å². The van der Waals surface area contributed by atoms with Crippen LogP contribution in [0.3, 0.4) is 0 Å². The van der Waals surface area contributed by atoms with E-state index in [1.165, 1.54) is 60.7 Å². The van der Waals surface area contributed by atoms with E-state index in [2.05, 4.69) is 47.8 Å². The highest BCUT2D eigenvalue weighted by atomic mass is 79.9. The van der Waals surface area contributed by atoms with E-state index in [0.717, 1.165) is 41.0 Å². The zero-order valence-electron chi connectivity index (χ0n) is 34.3. The molecule has 0 aliphatic rings. The molecule has 70 heavy (non-hydrogen) atoms. The van der Waals surface area contributed by atoms with E-state index >= 15 is 0 Å². The minimum absolute atomic E-state index is 0.0118. The first-order valence-corrected chi connectivity index (χ1v) is 27.4. The summed E-state index contributed by atoms with van der Waals surface area (Å²) in [7, 11) is -7.67. The van der Waals surface area contributed by atoms with Crippen LogP contribution in [0.15, 0.2) is 150 Å². The molecule has 9 rings (SSSR count). The van der Waals surface area contributed by atoms with Crippen molar-refractivity contribution in [3.8, 4) is 0 Å². The van der Waals surface area contributed by atoms with E-state index in [0.29, 0.717) is 16.0 Å². The third kappa shape index (κ3) is 9.53. The van der Waals surface area contributed by atoms with Gasteiger partial charge in [-0.15, -0.1) is 9.46 Å². The molecule has 0 atom stereocenters. The molecule has 0 unspecified atom stereocenters. The van der Waals surface area contributed by atoms with Crippen LogP contribution < -0.4 is 53.0 Å². The largest absolute Gasteiger partial charge is 0.422 e. The van der Waals surface area contributed by atoms with E-state index in [1.54, 1.807) is 12.1 Å². The molecule has 4 heterocycles. The van der Waals surface area contributed by atoms with Crippen molar-refractivity contribution in [2.75, 3.05) is 0 Å². The lowest BCUT2D eigenvalue weighted by Crippen LogP contribution is -2.36. The number of hydrogen-bond donors (Lipinski definition) is 2. The molecule has 9 aromatic rings. The Morgan fingerprint density at radius 2 is 0.600 bits per heavy atom. The molecular weight excluding hydrogens is 1210 g/mol. The molecule has 0 fully saturated rings. The van der Waals surface area contributed by atoms with Gasteiger partial charge >= 0.3 is 20.2 Å². The maximum atomic E-state index is 12.9. The molecule has 0 saturated carbocycles. The zero-order valence-corrected chi connectivity index (χ0v) is 42.3. The Hall–Kier alpha value is -6.56. The quantitative estimate of drug-likeness (QED) is 0.113. The van der Waals surface area contributed by atoms with E-state index in [9.17, 15) is 63.6 Å². The van der Waals surface area contributed by atoms with Crippen LogP contribution >= 0.6 is 58.5 Å². The van der Waals surface area contributed by atoms with Crippen molar-refractivity contribution in [2.45, 2.75) is 30.7 Å². The van der Waals surface area contributed by atoms with Crippen molar-refractivity contribution >= 4 is 131 Å². The number of benzene rings is 5. The molecule has 0 spiro atoms. The van der Waals surface area contributed by atoms with Crippen molar-refractivity contribution in [2.24, 2.45) is 0 Å². The van der Waals surface area contributed by atoms with Crippen LogP contribution in [0.25, 0.3) is 43.1 Å². The van der Waals surface area contributed by atoms with Gasteiger partial charge in [-0.2, -0.15) is 16.8 Å². The third-order valence-corrected chi connectivity index (χ3v) is 15.8. The first kappa shape index (κ1) is 51.3. The summed E-state index contributed by atoms with van der Waals surface area (Å²) in [6.07, 6.45) is 0. The topological polar surface area (TPSA) is 318 Å². The summed E-state index contributed by atoms with van der Waals surface area (Å²) in [6.45, 7) is 0. The fraction of sp³-hybridized carbons (Fsp3) is 0.0732. The molecule has 0 radical (unpaired) electrons. The average Bonchev–Trinajstić information content (AvgIpc) is 3.89. The molecule has 0 amide bonds. The summed E-state index contributed by atoms with van der Waals surface area (Å²) in [5.41, 5.74) is -6.19. The van der Waals surface area contributed by atoms with Crippen molar-refractivity contribution in [3.05, 3.63) is 197 Å². The number of fused-ring (bicyclic) bond motifs is 4. The van der Waals surface area contributed by atoms with Crippen molar-refractivity contribution in [3.63, 3.8) is 0 Å². The minimum Gasteiger partial charge on any atom is -0.422 e. The number of hydrogen-bond acceptors (Lipinski definition) is 18. The van der Waals surface area contributed by atoms with Crippen LogP contribution in [0.2, 0.25) is 0 Å². The Balaban J connectivity index is 0.000000196. The lowest BCUT2D eigenvalue weighted by Gasteiger charge is -2.05. The van der Waals surface area contributed by atoms with E-state index in [1.807, 2.05) is 0 Å². The molecule has 0 aliphatic heterocycles. The fourth-order valence-electron chi connectivity index (χ4n) is 6.53. The summed E-state index contributed by atoms with van der Waals surface area (Å²) < 4.78 is 81.8. The first-order chi connectivity index (χ1) is 32.8. The maximum absolute atomic E-state index is 12.9. The Morgan fingerprint density at radius 1 is 0.386 bits per heavy atom. The van der Waals surface area contributed by atoms with Crippen molar-refractivity contribution in [1.29, 1.82) is 0 Å². The smallest absolute Gasteiger partial charge is 0.357 e. The summed E-state index contributed by atoms with van der Waals surface area (Å²) in [5, 5.41) is 17.5. The average molecular weight is 1230 g/mol. The molecule has 22 nitrogen and oxygen atoms in total. The first-order valence-electron chi connectivity index (χ1n) is 18.9. The Kier molecular flexibility index (Phi) is 14.2. The molecule has 0 aliphatic carbocycles. The third-order valence-electron chi connectivity index (χ3n) is 10.1. The van der Waals surface area contributed by atoms with Gasteiger partial charge in [0.25, 0.3) is 53.5 Å². The van der Waals surface area contributed by atoms with Gasteiger partial charge < -0.3 is 10.4 Å².